The van der Waals surface area contributed by atoms with Gasteiger partial charge in [-0.2, -0.15) is 5.06 Å². The fourth-order valence-corrected chi connectivity index (χ4v) is 1.76. The maximum Gasteiger partial charge on any atom is 0.142 e. The lowest BCUT2D eigenvalue weighted by atomic mass is 10.1. The Morgan fingerprint density at radius 2 is 2.33 bits per heavy atom. The molecular weight excluding hydrogens is 192 g/mol. The second-order valence-corrected chi connectivity index (χ2v) is 3.89. The number of benzene rings is 1. The Morgan fingerprint density at radius 1 is 1.53 bits per heavy atom. The number of fused-ring (bicyclic) bond motifs is 1. The minimum Gasteiger partial charge on any atom is -0.490 e. The number of rotatable bonds is 2. The summed E-state index contributed by atoms with van der Waals surface area (Å²) in [4.78, 5) is 2.17. The molecule has 1 heterocycles. The Labute approximate surface area is 89.6 Å². The fraction of sp³-hybridized carbons (Fsp3) is 0.455. The number of hydroxylamine groups is 2. The van der Waals surface area contributed by atoms with E-state index in [1.54, 1.807) is 7.05 Å². The van der Waals surface area contributed by atoms with Crippen LogP contribution in [0.1, 0.15) is 5.56 Å². The summed E-state index contributed by atoms with van der Waals surface area (Å²) >= 11 is 0. The topological polar surface area (TPSA) is 35.9 Å². The van der Waals surface area contributed by atoms with Gasteiger partial charge >= 0.3 is 0 Å². The lowest BCUT2D eigenvalue weighted by molar-refractivity contribution is -0.0731. The first-order chi connectivity index (χ1) is 7.16. The summed E-state index contributed by atoms with van der Waals surface area (Å²) < 4.78 is 5.54. The van der Waals surface area contributed by atoms with Crippen molar-refractivity contribution in [2.24, 2.45) is 0 Å². The highest BCUT2D eigenvalue weighted by Crippen LogP contribution is 2.31. The number of hydrogen-bond acceptors (Lipinski definition) is 4. The van der Waals surface area contributed by atoms with Gasteiger partial charge in [-0.1, -0.05) is 6.07 Å². The molecule has 0 spiro atoms. The maximum atomic E-state index is 9.16. The summed E-state index contributed by atoms with van der Waals surface area (Å²) in [6.45, 7) is 2.18. The van der Waals surface area contributed by atoms with Gasteiger partial charge in [0, 0.05) is 20.6 Å². The van der Waals surface area contributed by atoms with Crippen LogP contribution in [0.5, 0.6) is 5.75 Å². The van der Waals surface area contributed by atoms with E-state index in [1.807, 2.05) is 19.2 Å². The monoisotopic (exact) mass is 208 g/mol. The van der Waals surface area contributed by atoms with Crippen molar-refractivity contribution < 1.29 is 9.94 Å². The molecule has 82 valence electrons. The summed E-state index contributed by atoms with van der Waals surface area (Å²) in [5, 5.41) is 10.3. The third kappa shape index (κ3) is 2.22. The smallest absolute Gasteiger partial charge is 0.142 e. The van der Waals surface area contributed by atoms with E-state index in [4.69, 9.17) is 9.94 Å². The van der Waals surface area contributed by atoms with E-state index in [0.29, 0.717) is 6.54 Å². The Kier molecular flexibility index (Phi) is 2.79. The highest BCUT2D eigenvalue weighted by atomic mass is 16.5. The first kappa shape index (κ1) is 10.3. The predicted octanol–water partition coefficient (Wildman–Crippen LogP) is 1.34. The zero-order valence-electron chi connectivity index (χ0n) is 9.10. The number of hydrogen-bond donors (Lipinski definition) is 1. The summed E-state index contributed by atoms with van der Waals surface area (Å²) in [5.74, 6) is 0.924. The molecule has 1 aliphatic rings. The molecule has 1 aromatic rings. The minimum atomic E-state index is 0.529. The van der Waals surface area contributed by atoms with Crippen LogP contribution in [-0.2, 0) is 6.54 Å². The van der Waals surface area contributed by atoms with E-state index >= 15 is 0 Å². The molecule has 1 N–H and O–H groups in total. The molecule has 0 saturated heterocycles. The van der Waals surface area contributed by atoms with Gasteiger partial charge in [-0.25, -0.2) is 0 Å². The molecule has 2 rings (SSSR count). The highest BCUT2D eigenvalue weighted by Gasteiger charge is 2.14. The van der Waals surface area contributed by atoms with Crippen LogP contribution in [0.4, 0.5) is 5.69 Å². The number of ether oxygens (including phenoxy) is 1. The quantitative estimate of drug-likeness (QED) is 0.744. The second kappa shape index (κ2) is 4.08. The molecule has 0 aromatic heterocycles. The van der Waals surface area contributed by atoms with Crippen molar-refractivity contribution in [3.05, 3.63) is 23.8 Å². The van der Waals surface area contributed by atoms with Gasteiger partial charge in [0.25, 0.3) is 0 Å². The molecule has 0 radical (unpaired) electrons. The Morgan fingerprint density at radius 3 is 3.07 bits per heavy atom. The summed E-state index contributed by atoms with van der Waals surface area (Å²) in [5.41, 5.74) is 2.18. The summed E-state index contributed by atoms with van der Waals surface area (Å²) in [6.07, 6.45) is 0. The SMILES string of the molecule is CN(O)Cc1ccc2c(c1)N(C)CCO2. The van der Waals surface area contributed by atoms with Gasteiger partial charge in [0.15, 0.2) is 0 Å². The van der Waals surface area contributed by atoms with Crippen LogP contribution < -0.4 is 9.64 Å². The molecule has 1 aromatic carbocycles. The molecule has 1 aliphatic heterocycles. The van der Waals surface area contributed by atoms with E-state index in [-0.39, 0.29) is 0 Å². The number of likely N-dealkylation sites (N-methyl/N-ethyl adjacent to an activating group) is 1. The van der Waals surface area contributed by atoms with Crippen LogP contribution >= 0.6 is 0 Å². The normalized spacial score (nSPS) is 15.1. The van der Waals surface area contributed by atoms with E-state index < -0.39 is 0 Å². The van der Waals surface area contributed by atoms with Crippen molar-refractivity contribution in [2.75, 3.05) is 32.1 Å². The molecule has 0 fully saturated rings. The highest BCUT2D eigenvalue weighted by molar-refractivity contribution is 5.60. The van der Waals surface area contributed by atoms with E-state index in [2.05, 4.69) is 11.0 Å². The molecule has 4 nitrogen and oxygen atoms in total. The third-order valence-corrected chi connectivity index (χ3v) is 2.53. The summed E-state index contributed by atoms with van der Waals surface area (Å²) in [7, 11) is 3.69. The van der Waals surface area contributed by atoms with Crippen molar-refractivity contribution >= 4 is 5.69 Å². The Balaban J connectivity index is 2.27. The molecular formula is C11H16N2O2. The predicted molar refractivity (Wildman–Crippen MR) is 58.5 cm³/mol. The zero-order chi connectivity index (χ0) is 10.8. The molecule has 0 saturated carbocycles. The van der Waals surface area contributed by atoms with Crippen LogP contribution in [0.15, 0.2) is 18.2 Å². The summed E-state index contributed by atoms with van der Waals surface area (Å²) in [6, 6.07) is 6.00. The van der Waals surface area contributed by atoms with Crippen molar-refractivity contribution in [1.29, 1.82) is 0 Å². The van der Waals surface area contributed by atoms with Gasteiger partial charge < -0.3 is 14.8 Å². The Hall–Kier alpha value is -1.26. The first-order valence-electron chi connectivity index (χ1n) is 5.03. The Bertz CT molecular complexity index is 352. The molecule has 0 bridgehead atoms. The zero-order valence-corrected chi connectivity index (χ0v) is 9.10. The van der Waals surface area contributed by atoms with Gasteiger partial charge in [-0.05, 0) is 17.7 Å². The molecule has 15 heavy (non-hydrogen) atoms. The van der Waals surface area contributed by atoms with Crippen LogP contribution in [-0.4, -0.2) is 37.5 Å². The van der Waals surface area contributed by atoms with Crippen molar-refractivity contribution in [1.82, 2.24) is 5.06 Å². The van der Waals surface area contributed by atoms with Gasteiger partial charge in [0.05, 0.1) is 12.2 Å². The van der Waals surface area contributed by atoms with Crippen molar-refractivity contribution in [2.45, 2.75) is 6.54 Å². The standard InChI is InChI=1S/C11H16N2O2/c1-12-5-6-15-11-4-3-9(7-10(11)12)8-13(2)14/h3-4,7,14H,5-6,8H2,1-2H3. The van der Waals surface area contributed by atoms with Gasteiger partial charge in [0.2, 0.25) is 0 Å². The van der Waals surface area contributed by atoms with Crippen LogP contribution in [0.2, 0.25) is 0 Å². The van der Waals surface area contributed by atoms with E-state index in [0.717, 1.165) is 30.2 Å². The minimum absolute atomic E-state index is 0.529. The van der Waals surface area contributed by atoms with Gasteiger partial charge in [0.1, 0.15) is 12.4 Å². The number of nitrogens with zero attached hydrogens (tertiary/aromatic N) is 2. The van der Waals surface area contributed by atoms with Crippen molar-refractivity contribution in [3.63, 3.8) is 0 Å². The third-order valence-electron chi connectivity index (χ3n) is 2.53. The molecule has 4 heteroatoms. The fourth-order valence-electron chi connectivity index (χ4n) is 1.76. The van der Waals surface area contributed by atoms with Crippen LogP contribution in [0.25, 0.3) is 0 Å². The van der Waals surface area contributed by atoms with E-state index in [1.165, 1.54) is 5.06 Å². The largest absolute Gasteiger partial charge is 0.490 e. The van der Waals surface area contributed by atoms with Gasteiger partial charge in [-0.15, -0.1) is 0 Å². The average Bonchev–Trinajstić information content (AvgIpc) is 2.18. The number of anilines is 1. The van der Waals surface area contributed by atoms with E-state index in [9.17, 15) is 0 Å². The molecule has 0 atom stereocenters. The lowest BCUT2D eigenvalue weighted by Gasteiger charge is -2.28. The molecule has 0 unspecified atom stereocenters. The average molecular weight is 208 g/mol. The van der Waals surface area contributed by atoms with Crippen LogP contribution in [0, 0.1) is 0 Å². The molecule has 0 amide bonds. The second-order valence-electron chi connectivity index (χ2n) is 3.89. The van der Waals surface area contributed by atoms with Gasteiger partial charge in [-0.3, -0.25) is 0 Å². The molecule has 0 aliphatic carbocycles. The maximum absolute atomic E-state index is 9.16. The first-order valence-corrected chi connectivity index (χ1v) is 5.03. The van der Waals surface area contributed by atoms with Crippen LogP contribution in [0.3, 0.4) is 0 Å². The van der Waals surface area contributed by atoms with Crippen molar-refractivity contribution in [3.8, 4) is 5.75 Å². The lowest BCUT2D eigenvalue weighted by Crippen LogP contribution is -2.29.